The summed E-state index contributed by atoms with van der Waals surface area (Å²) in [5.41, 5.74) is 2.45. The SMILES string of the molecule is CCOC(=O)CC#Cc1ccc2c(c1)CNC2=O. The Morgan fingerprint density at radius 3 is 3.11 bits per heavy atom. The van der Waals surface area contributed by atoms with Gasteiger partial charge in [0.1, 0.15) is 6.42 Å². The van der Waals surface area contributed by atoms with Crippen LogP contribution in [-0.2, 0) is 16.1 Å². The van der Waals surface area contributed by atoms with Crippen molar-refractivity contribution in [2.24, 2.45) is 0 Å². The molecular weight excluding hydrogens is 230 g/mol. The molecule has 0 saturated carbocycles. The molecular formula is C14H13NO3. The molecule has 0 radical (unpaired) electrons. The van der Waals surface area contributed by atoms with Gasteiger partial charge in [0.25, 0.3) is 5.91 Å². The minimum Gasteiger partial charge on any atom is -0.465 e. The fraction of sp³-hybridized carbons (Fsp3) is 0.286. The first-order chi connectivity index (χ1) is 8.70. The number of hydrogen-bond donors (Lipinski definition) is 1. The van der Waals surface area contributed by atoms with Crippen LogP contribution in [0.3, 0.4) is 0 Å². The van der Waals surface area contributed by atoms with Crippen molar-refractivity contribution in [3.05, 3.63) is 34.9 Å². The minimum absolute atomic E-state index is 0.0453. The lowest BCUT2D eigenvalue weighted by molar-refractivity contribution is -0.141. The van der Waals surface area contributed by atoms with Crippen LogP contribution in [0.25, 0.3) is 0 Å². The van der Waals surface area contributed by atoms with Crippen LogP contribution in [-0.4, -0.2) is 18.5 Å². The number of esters is 1. The normalized spacial score (nSPS) is 12.2. The van der Waals surface area contributed by atoms with E-state index in [9.17, 15) is 9.59 Å². The topological polar surface area (TPSA) is 55.4 Å². The highest BCUT2D eigenvalue weighted by Gasteiger charge is 2.17. The van der Waals surface area contributed by atoms with Gasteiger partial charge >= 0.3 is 5.97 Å². The molecule has 92 valence electrons. The Kier molecular flexibility index (Phi) is 3.63. The van der Waals surface area contributed by atoms with Crippen molar-refractivity contribution in [2.75, 3.05) is 6.61 Å². The molecule has 2 rings (SSSR count). The van der Waals surface area contributed by atoms with Gasteiger partial charge in [0.15, 0.2) is 0 Å². The summed E-state index contributed by atoms with van der Waals surface area (Å²) in [6, 6.07) is 5.40. The molecule has 0 unspecified atom stereocenters. The van der Waals surface area contributed by atoms with Gasteiger partial charge in [0.2, 0.25) is 0 Å². The third kappa shape index (κ3) is 2.69. The molecule has 0 aliphatic carbocycles. The van der Waals surface area contributed by atoms with E-state index in [1.165, 1.54) is 0 Å². The van der Waals surface area contributed by atoms with Crippen molar-refractivity contribution in [2.45, 2.75) is 19.9 Å². The highest BCUT2D eigenvalue weighted by molar-refractivity contribution is 5.98. The summed E-state index contributed by atoms with van der Waals surface area (Å²) >= 11 is 0. The highest BCUT2D eigenvalue weighted by Crippen LogP contribution is 2.16. The molecule has 1 amide bonds. The van der Waals surface area contributed by atoms with Gasteiger partial charge < -0.3 is 10.1 Å². The van der Waals surface area contributed by atoms with Gasteiger partial charge in [-0.2, -0.15) is 0 Å². The monoisotopic (exact) mass is 243 g/mol. The maximum atomic E-state index is 11.3. The third-order valence-corrected chi connectivity index (χ3v) is 2.56. The molecule has 18 heavy (non-hydrogen) atoms. The minimum atomic E-state index is -0.317. The second kappa shape index (κ2) is 5.37. The number of carbonyl (C=O) groups excluding carboxylic acids is 2. The number of benzene rings is 1. The van der Waals surface area contributed by atoms with Gasteiger partial charge in [-0.25, -0.2) is 0 Å². The molecule has 0 bridgehead atoms. The van der Waals surface area contributed by atoms with Gasteiger partial charge in [-0.15, -0.1) is 0 Å². The molecule has 0 spiro atoms. The number of nitrogens with one attached hydrogen (secondary N) is 1. The van der Waals surface area contributed by atoms with E-state index in [-0.39, 0.29) is 18.3 Å². The molecule has 1 aliphatic heterocycles. The maximum Gasteiger partial charge on any atom is 0.317 e. The van der Waals surface area contributed by atoms with E-state index in [4.69, 9.17) is 4.74 Å². The first-order valence-electron chi connectivity index (χ1n) is 5.76. The van der Waals surface area contributed by atoms with Gasteiger partial charge in [-0.3, -0.25) is 9.59 Å². The molecule has 1 aliphatic rings. The first kappa shape index (κ1) is 12.2. The standard InChI is InChI=1S/C14H13NO3/c1-2-18-13(16)5-3-4-10-6-7-12-11(8-10)9-15-14(12)17/h6-8H,2,5,9H2,1H3,(H,15,17). The number of amides is 1. The summed E-state index contributed by atoms with van der Waals surface area (Å²) in [6.07, 6.45) is 0.0854. The average molecular weight is 243 g/mol. The van der Waals surface area contributed by atoms with Gasteiger partial charge in [-0.05, 0) is 30.7 Å². The van der Waals surface area contributed by atoms with Crippen LogP contribution >= 0.6 is 0 Å². The third-order valence-electron chi connectivity index (χ3n) is 2.56. The van der Waals surface area contributed by atoms with Crippen molar-refractivity contribution in [3.8, 4) is 11.8 Å². The average Bonchev–Trinajstić information content (AvgIpc) is 2.71. The zero-order valence-electron chi connectivity index (χ0n) is 10.1. The lowest BCUT2D eigenvalue weighted by Gasteiger charge is -1.96. The number of ether oxygens (including phenoxy) is 1. The Labute approximate surface area is 105 Å². The Morgan fingerprint density at radius 1 is 1.50 bits per heavy atom. The Bertz CT molecular complexity index is 552. The summed E-state index contributed by atoms with van der Waals surface area (Å²) in [5.74, 6) is 5.29. The molecule has 1 N–H and O–H groups in total. The predicted octanol–water partition coefficient (Wildman–Crippen LogP) is 1.23. The molecule has 4 nitrogen and oxygen atoms in total. The lowest BCUT2D eigenvalue weighted by Crippen LogP contribution is -2.12. The van der Waals surface area contributed by atoms with E-state index in [0.717, 1.165) is 11.1 Å². The number of rotatable bonds is 2. The molecule has 0 aromatic heterocycles. The van der Waals surface area contributed by atoms with Gasteiger partial charge in [0, 0.05) is 17.7 Å². The molecule has 1 aromatic carbocycles. The number of fused-ring (bicyclic) bond motifs is 1. The Balaban J connectivity index is 2.05. The van der Waals surface area contributed by atoms with E-state index >= 15 is 0 Å². The van der Waals surface area contributed by atoms with E-state index in [0.29, 0.717) is 18.7 Å². The van der Waals surface area contributed by atoms with Crippen molar-refractivity contribution in [1.29, 1.82) is 0 Å². The van der Waals surface area contributed by atoms with E-state index in [1.54, 1.807) is 19.1 Å². The molecule has 1 heterocycles. The zero-order chi connectivity index (χ0) is 13.0. The largest absolute Gasteiger partial charge is 0.465 e. The highest BCUT2D eigenvalue weighted by atomic mass is 16.5. The van der Waals surface area contributed by atoms with Crippen LogP contribution < -0.4 is 5.32 Å². The van der Waals surface area contributed by atoms with E-state index in [1.807, 2.05) is 6.07 Å². The molecule has 0 saturated heterocycles. The molecule has 0 atom stereocenters. The van der Waals surface area contributed by atoms with Crippen LogP contribution in [0, 0.1) is 11.8 Å². The smallest absolute Gasteiger partial charge is 0.317 e. The second-order valence-corrected chi connectivity index (χ2v) is 3.84. The van der Waals surface area contributed by atoms with E-state index < -0.39 is 0 Å². The van der Waals surface area contributed by atoms with Gasteiger partial charge in [0.05, 0.1) is 6.61 Å². The summed E-state index contributed by atoms with van der Waals surface area (Å²) in [4.78, 5) is 22.4. The van der Waals surface area contributed by atoms with Crippen LogP contribution in [0.15, 0.2) is 18.2 Å². The summed E-state index contributed by atoms with van der Waals surface area (Å²) in [5, 5.41) is 2.74. The summed E-state index contributed by atoms with van der Waals surface area (Å²) < 4.78 is 4.77. The Morgan fingerprint density at radius 2 is 2.33 bits per heavy atom. The van der Waals surface area contributed by atoms with Crippen LogP contribution in [0.5, 0.6) is 0 Å². The van der Waals surface area contributed by atoms with E-state index in [2.05, 4.69) is 17.2 Å². The van der Waals surface area contributed by atoms with Crippen LogP contribution in [0.1, 0.15) is 34.8 Å². The van der Waals surface area contributed by atoms with Crippen molar-refractivity contribution in [1.82, 2.24) is 5.32 Å². The predicted molar refractivity (Wildman–Crippen MR) is 65.7 cm³/mol. The first-order valence-corrected chi connectivity index (χ1v) is 5.76. The van der Waals surface area contributed by atoms with Gasteiger partial charge in [-0.1, -0.05) is 11.8 Å². The lowest BCUT2D eigenvalue weighted by atomic mass is 10.1. The van der Waals surface area contributed by atoms with Crippen LogP contribution in [0.2, 0.25) is 0 Å². The number of hydrogen-bond acceptors (Lipinski definition) is 3. The fourth-order valence-corrected chi connectivity index (χ4v) is 1.74. The summed E-state index contributed by atoms with van der Waals surface area (Å²) in [7, 11) is 0. The fourth-order valence-electron chi connectivity index (χ4n) is 1.74. The van der Waals surface area contributed by atoms with Crippen molar-refractivity contribution in [3.63, 3.8) is 0 Å². The molecule has 1 aromatic rings. The molecule has 0 fully saturated rings. The van der Waals surface area contributed by atoms with Crippen LogP contribution in [0.4, 0.5) is 0 Å². The van der Waals surface area contributed by atoms with Crippen molar-refractivity contribution < 1.29 is 14.3 Å². The van der Waals surface area contributed by atoms with Crippen molar-refractivity contribution >= 4 is 11.9 Å². The molecule has 4 heteroatoms. The quantitative estimate of drug-likeness (QED) is 0.628. The summed E-state index contributed by atoms with van der Waals surface area (Å²) in [6.45, 7) is 2.67. The Hall–Kier alpha value is -2.28. The zero-order valence-corrected chi connectivity index (χ0v) is 10.1. The maximum absolute atomic E-state index is 11.3. The number of carbonyl (C=O) groups is 2. The second-order valence-electron chi connectivity index (χ2n) is 3.84.